The van der Waals surface area contributed by atoms with E-state index in [2.05, 4.69) is 10.6 Å². The van der Waals surface area contributed by atoms with E-state index in [1.54, 1.807) is 6.26 Å². The van der Waals surface area contributed by atoms with Gasteiger partial charge in [0.25, 0.3) is 0 Å². The van der Waals surface area contributed by atoms with Crippen molar-refractivity contribution in [3.05, 3.63) is 96.7 Å². The lowest BCUT2D eigenvalue weighted by atomic mass is 10.1. The third-order valence-corrected chi connectivity index (χ3v) is 5.64. The third kappa shape index (κ3) is 6.40. The number of carbonyl (C=O) groups is 1. The van der Waals surface area contributed by atoms with Crippen LogP contribution in [0.2, 0.25) is 0 Å². The van der Waals surface area contributed by atoms with Gasteiger partial charge in [0.15, 0.2) is 0 Å². The molecule has 0 radical (unpaired) electrons. The Morgan fingerprint density at radius 3 is 2.12 bits per heavy atom. The fourth-order valence-electron chi connectivity index (χ4n) is 3.17. The molecule has 0 aliphatic heterocycles. The van der Waals surface area contributed by atoms with Gasteiger partial charge in [0.2, 0.25) is 0 Å². The molecule has 4 aromatic rings. The number of carbonyl (C=O) groups excluding carboxylic acids is 1. The maximum Gasteiger partial charge on any atom is 0.319 e. The van der Waals surface area contributed by atoms with Crippen LogP contribution in [0, 0.1) is 0 Å². The largest absolute Gasteiger partial charge is 0.332 e. The summed E-state index contributed by atoms with van der Waals surface area (Å²) in [6, 6.07) is 28.4. The summed E-state index contributed by atoms with van der Waals surface area (Å²) in [7, 11) is -1.04. The molecule has 7 heteroatoms. The normalized spacial score (nSPS) is 11.1. The molecule has 33 heavy (non-hydrogen) atoms. The minimum atomic E-state index is -1.04. The molecule has 4 rings (SSSR count). The molecule has 1 aromatic heterocycles. The highest BCUT2D eigenvalue weighted by atomic mass is 32.2. The summed E-state index contributed by atoms with van der Waals surface area (Å²) in [4.78, 5) is 13.0. The fourth-order valence-corrected chi connectivity index (χ4v) is 3.69. The molecule has 170 valence electrons. The number of benzene rings is 3. The van der Waals surface area contributed by atoms with Gasteiger partial charge < -0.3 is 10.6 Å². The Morgan fingerprint density at radius 2 is 1.52 bits per heavy atom. The van der Waals surface area contributed by atoms with E-state index < -0.39 is 10.8 Å². The van der Waals surface area contributed by atoms with Crippen LogP contribution < -0.4 is 10.6 Å². The van der Waals surface area contributed by atoms with E-state index in [-0.39, 0.29) is 12.6 Å². The van der Waals surface area contributed by atoms with Gasteiger partial charge in [-0.05, 0) is 42.5 Å². The number of urea groups is 1. The predicted octanol–water partition coefficient (Wildman–Crippen LogP) is 5.62. The van der Waals surface area contributed by atoms with Crippen molar-refractivity contribution in [2.24, 2.45) is 0 Å². The lowest BCUT2D eigenvalue weighted by molar-refractivity contribution is 0.251. The van der Waals surface area contributed by atoms with Crippen LogP contribution in [0.3, 0.4) is 0 Å². The summed E-state index contributed by atoms with van der Waals surface area (Å²) < 4.78 is 13.5. The van der Waals surface area contributed by atoms with Gasteiger partial charge in [-0.1, -0.05) is 62.4 Å². The fraction of sp³-hybridized carbons (Fsp3) is 0.154. The smallest absolute Gasteiger partial charge is 0.319 e. The number of rotatable bonds is 6. The lowest BCUT2D eigenvalue weighted by Crippen LogP contribution is -2.28. The van der Waals surface area contributed by atoms with Crippen molar-refractivity contribution in [3.8, 4) is 16.9 Å². The van der Waals surface area contributed by atoms with Crippen molar-refractivity contribution in [2.45, 2.75) is 25.3 Å². The van der Waals surface area contributed by atoms with Gasteiger partial charge >= 0.3 is 6.03 Å². The number of nitrogens with one attached hydrogen (secondary N) is 2. The summed E-state index contributed by atoms with van der Waals surface area (Å²) in [6.07, 6.45) is 1.66. The second-order valence-corrected chi connectivity index (χ2v) is 8.30. The van der Waals surface area contributed by atoms with E-state index in [9.17, 15) is 9.00 Å². The summed E-state index contributed by atoms with van der Waals surface area (Å²) in [5.41, 5.74) is 4.23. The molecular formula is C26H28N4O2S. The van der Waals surface area contributed by atoms with Gasteiger partial charge in [0.1, 0.15) is 0 Å². The molecule has 3 aromatic carbocycles. The zero-order valence-electron chi connectivity index (χ0n) is 19.0. The number of para-hydroxylation sites is 1. The number of amides is 2. The molecule has 2 amide bonds. The van der Waals surface area contributed by atoms with Gasteiger partial charge in [-0.15, -0.1) is 0 Å². The van der Waals surface area contributed by atoms with Gasteiger partial charge in [-0.25, -0.2) is 9.48 Å². The minimum absolute atomic E-state index is 0.280. The molecule has 0 saturated heterocycles. The minimum Gasteiger partial charge on any atom is -0.332 e. The summed E-state index contributed by atoms with van der Waals surface area (Å²) in [6.45, 7) is 4.28. The van der Waals surface area contributed by atoms with Crippen LogP contribution in [0.25, 0.3) is 16.9 Å². The highest BCUT2D eigenvalue weighted by molar-refractivity contribution is 7.84. The molecule has 1 atom stereocenters. The molecule has 0 saturated carbocycles. The molecule has 0 aliphatic rings. The highest BCUT2D eigenvalue weighted by Crippen LogP contribution is 2.24. The molecule has 0 fully saturated rings. The Morgan fingerprint density at radius 1 is 0.909 bits per heavy atom. The second-order valence-electron chi connectivity index (χ2n) is 6.92. The predicted molar refractivity (Wildman–Crippen MR) is 135 cm³/mol. The van der Waals surface area contributed by atoms with Crippen LogP contribution in [0.4, 0.5) is 10.5 Å². The first kappa shape index (κ1) is 23.9. The molecule has 1 unspecified atom stereocenters. The van der Waals surface area contributed by atoms with E-state index in [0.717, 1.165) is 33.2 Å². The molecule has 0 aliphatic carbocycles. The van der Waals surface area contributed by atoms with Gasteiger partial charge in [0.05, 0.1) is 23.6 Å². The topological polar surface area (TPSA) is 76.0 Å². The maximum atomic E-state index is 12.2. The lowest BCUT2D eigenvalue weighted by Gasteiger charge is -2.08. The summed E-state index contributed by atoms with van der Waals surface area (Å²) in [5, 5.41) is 10.4. The SMILES string of the molecule is CC.CS(=O)c1ccc(-n2nc(CNC(=O)Nc3ccccc3)cc2-c2ccccc2)cc1. The number of hydrogen-bond acceptors (Lipinski definition) is 3. The first-order valence-corrected chi connectivity index (χ1v) is 12.3. The average molecular weight is 461 g/mol. The Hall–Kier alpha value is -3.71. The first-order chi connectivity index (χ1) is 16.1. The van der Waals surface area contributed by atoms with Crippen molar-refractivity contribution < 1.29 is 9.00 Å². The van der Waals surface area contributed by atoms with Crippen LogP contribution in [0.15, 0.2) is 95.9 Å². The van der Waals surface area contributed by atoms with E-state index in [4.69, 9.17) is 5.10 Å². The summed E-state index contributed by atoms with van der Waals surface area (Å²) >= 11 is 0. The quantitative estimate of drug-likeness (QED) is 0.392. The number of hydrogen-bond donors (Lipinski definition) is 2. The van der Waals surface area contributed by atoms with E-state index in [0.29, 0.717) is 0 Å². The monoisotopic (exact) mass is 460 g/mol. The zero-order chi connectivity index (χ0) is 23.6. The van der Waals surface area contributed by atoms with Crippen LogP contribution >= 0.6 is 0 Å². The van der Waals surface area contributed by atoms with Gasteiger partial charge in [-0.2, -0.15) is 5.10 Å². The highest BCUT2D eigenvalue weighted by Gasteiger charge is 2.13. The first-order valence-electron chi connectivity index (χ1n) is 10.8. The van der Waals surface area contributed by atoms with Crippen LogP contribution in [0.1, 0.15) is 19.5 Å². The Bertz CT molecular complexity index is 1190. The molecule has 6 nitrogen and oxygen atoms in total. The number of aromatic nitrogens is 2. The number of nitrogens with zero attached hydrogens (tertiary/aromatic N) is 2. The van der Waals surface area contributed by atoms with Crippen LogP contribution in [0.5, 0.6) is 0 Å². The van der Waals surface area contributed by atoms with E-state index >= 15 is 0 Å². The second kappa shape index (κ2) is 11.8. The Labute approximate surface area is 197 Å². The van der Waals surface area contributed by atoms with E-state index in [1.165, 1.54) is 0 Å². The van der Waals surface area contributed by atoms with Crippen molar-refractivity contribution in [2.75, 3.05) is 11.6 Å². The summed E-state index contributed by atoms with van der Waals surface area (Å²) in [5.74, 6) is 0. The van der Waals surface area contributed by atoms with Crippen LogP contribution in [-0.4, -0.2) is 26.3 Å². The molecule has 0 spiro atoms. The Kier molecular flexibility index (Phi) is 8.55. The van der Waals surface area contributed by atoms with Crippen molar-refractivity contribution >= 4 is 22.5 Å². The van der Waals surface area contributed by atoms with Crippen molar-refractivity contribution in [1.82, 2.24) is 15.1 Å². The maximum absolute atomic E-state index is 12.2. The van der Waals surface area contributed by atoms with Crippen molar-refractivity contribution in [3.63, 3.8) is 0 Å². The zero-order valence-corrected chi connectivity index (χ0v) is 19.8. The van der Waals surface area contributed by atoms with Crippen molar-refractivity contribution in [1.29, 1.82) is 0 Å². The third-order valence-electron chi connectivity index (χ3n) is 4.70. The van der Waals surface area contributed by atoms with Crippen LogP contribution in [-0.2, 0) is 17.3 Å². The van der Waals surface area contributed by atoms with Gasteiger partial charge in [-0.3, -0.25) is 4.21 Å². The van der Waals surface area contributed by atoms with Gasteiger partial charge in [0, 0.05) is 33.2 Å². The molecule has 0 bridgehead atoms. The standard InChI is InChI=1S/C24H22N4O2S.C2H6/c1-31(30)22-14-12-21(13-15-22)28-23(18-8-4-2-5-9-18)16-20(27-28)17-25-24(29)26-19-10-6-3-7-11-19;1-2/h2-16H,17H2,1H3,(H2,25,26,29);1-2H3. The molecule has 2 N–H and O–H groups in total. The number of anilines is 1. The average Bonchev–Trinajstić information content (AvgIpc) is 3.30. The van der Waals surface area contributed by atoms with E-state index in [1.807, 2.05) is 110 Å². The Balaban J connectivity index is 0.00000149. The molecule has 1 heterocycles. The molecular weight excluding hydrogens is 432 g/mol.